The molecule has 6 nitrogen and oxygen atoms in total. The van der Waals surface area contributed by atoms with Crippen LogP contribution in [0.25, 0.3) is 0 Å². The fourth-order valence-electron chi connectivity index (χ4n) is 4.75. The minimum absolute atomic E-state index is 0.487. The van der Waals surface area contributed by atoms with Crippen molar-refractivity contribution in [2.75, 3.05) is 59.4 Å². The molecule has 2 saturated heterocycles. The first-order valence-corrected chi connectivity index (χ1v) is 12.3. The highest BCUT2D eigenvalue weighted by Crippen LogP contribution is 2.24. The van der Waals surface area contributed by atoms with Gasteiger partial charge in [0.25, 0.3) is 0 Å². The second kappa shape index (κ2) is 12.4. The summed E-state index contributed by atoms with van der Waals surface area (Å²) < 4.78 is 0. The first-order chi connectivity index (χ1) is 15.1. The van der Waals surface area contributed by atoms with Crippen LogP contribution in [0, 0.1) is 0 Å². The summed E-state index contributed by atoms with van der Waals surface area (Å²) in [4.78, 5) is 12.6. The van der Waals surface area contributed by atoms with Crippen molar-refractivity contribution in [2.24, 2.45) is 4.99 Å². The number of likely N-dealkylation sites (N-methyl/N-ethyl adjacent to an activating group) is 1. The molecule has 0 amide bonds. The Bertz CT molecular complexity index is 653. The average Bonchev–Trinajstić information content (AvgIpc) is 2.78. The summed E-state index contributed by atoms with van der Waals surface area (Å²) in [6, 6.07) is 12.6. The largest absolute Gasteiger partial charge is 0.357 e. The van der Waals surface area contributed by atoms with Gasteiger partial charge in [-0.15, -0.1) is 0 Å². The topological polar surface area (TPSA) is 46.1 Å². The first-order valence-electron chi connectivity index (χ1n) is 12.3. The van der Waals surface area contributed by atoms with Gasteiger partial charge in [-0.1, -0.05) is 30.3 Å². The van der Waals surface area contributed by atoms with Gasteiger partial charge >= 0.3 is 0 Å². The minimum atomic E-state index is 0.487. The van der Waals surface area contributed by atoms with E-state index in [9.17, 15) is 0 Å². The van der Waals surface area contributed by atoms with Crippen molar-refractivity contribution in [1.82, 2.24) is 25.3 Å². The lowest BCUT2D eigenvalue weighted by Gasteiger charge is -2.40. The van der Waals surface area contributed by atoms with Gasteiger partial charge in [-0.2, -0.15) is 0 Å². The predicted octanol–water partition coefficient (Wildman–Crippen LogP) is 2.79. The Balaban J connectivity index is 1.48. The van der Waals surface area contributed by atoms with Crippen LogP contribution in [0.4, 0.5) is 0 Å². The summed E-state index contributed by atoms with van der Waals surface area (Å²) in [5, 5.41) is 7.13. The third-order valence-electron chi connectivity index (χ3n) is 6.70. The molecule has 0 spiro atoms. The first kappa shape index (κ1) is 24.0. The second-order valence-corrected chi connectivity index (χ2v) is 9.39. The third-order valence-corrected chi connectivity index (χ3v) is 6.70. The second-order valence-electron chi connectivity index (χ2n) is 9.39. The van der Waals surface area contributed by atoms with E-state index < -0.39 is 0 Å². The van der Waals surface area contributed by atoms with E-state index in [0.717, 1.165) is 51.6 Å². The van der Waals surface area contributed by atoms with Crippen molar-refractivity contribution in [3.63, 3.8) is 0 Å². The van der Waals surface area contributed by atoms with Crippen molar-refractivity contribution >= 4 is 5.96 Å². The number of aliphatic imine (C=N–C) groups is 1. The van der Waals surface area contributed by atoms with Gasteiger partial charge in [-0.05, 0) is 52.6 Å². The Morgan fingerprint density at radius 2 is 1.84 bits per heavy atom. The standard InChI is InChI=1S/C25H44N6/c1-5-26-25(28-23-12-16-30(17-13-23)21(2)3)27-14-9-15-31-19-18-29(4)20-24(31)22-10-7-6-8-11-22/h6-8,10-11,21,23-24H,5,9,12-20H2,1-4H3,(H2,26,27,28). The highest BCUT2D eigenvalue weighted by Gasteiger charge is 2.26. The van der Waals surface area contributed by atoms with Crippen molar-refractivity contribution in [2.45, 2.75) is 58.2 Å². The maximum atomic E-state index is 4.90. The summed E-state index contributed by atoms with van der Waals surface area (Å²) in [7, 11) is 2.23. The normalized spacial score (nSPS) is 22.7. The van der Waals surface area contributed by atoms with Crippen LogP contribution in [0.1, 0.15) is 51.6 Å². The van der Waals surface area contributed by atoms with Gasteiger partial charge in [0.2, 0.25) is 0 Å². The molecule has 174 valence electrons. The molecule has 2 fully saturated rings. The third kappa shape index (κ3) is 7.48. The van der Waals surface area contributed by atoms with Gasteiger partial charge in [0.15, 0.2) is 5.96 Å². The number of likely N-dealkylation sites (tertiary alicyclic amines) is 1. The van der Waals surface area contributed by atoms with Gasteiger partial charge in [-0.25, -0.2) is 0 Å². The molecule has 1 atom stereocenters. The molecule has 2 aliphatic heterocycles. The van der Waals surface area contributed by atoms with Crippen molar-refractivity contribution in [1.29, 1.82) is 0 Å². The van der Waals surface area contributed by atoms with Crippen LogP contribution in [0.5, 0.6) is 0 Å². The zero-order valence-corrected chi connectivity index (χ0v) is 20.2. The molecule has 1 unspecified atom stereocenters. The Hall–Kier alpha value is -1.63. The smallest absolute Gasteiger partial charge is 0.191 e. The van der Waals surface area contributed by atoms with E-state index in [2.05, 4.69) is 83.5 Å². The summed E-state index contributed by atoms with van der Waals surface area (Å²) in [5.41, 5.74) is 1.43. The molecule has 31 heavy (non-hydrogen) atoms. The number of guanidine groups is 1. The summed E-state index contributed by atoms with van der Waals surface area (Å²) in [6.07, 6.45) is 3.49. The van der Waals surface area contributed by atoms with Crippen LogP contribution in [-0.4, -0.2) is 92.1 Å². The molecule has 1 aromatic carbocycles. The minimum Gasteiger partial charge on any atom is -0.357 e. The van der Waals surface area contributed by atoms with E-state index in [0.29, 0.717) is 18.1 Å². The number of hydrogen-bond donors (Lipinski definition) is 2. The Morgan fingerprint density at radius 1 is 1.10 bits per heavy atom. The number of rotatable bonds is 8. The van der Waals surface area contributed by atoms with Crippen LogP contribution >= 0.6 is 0 Å². The monoisotopic (exact) mass is 428 g/mol. The van der Waals surface area contributed by atoms with E-state index in [1.807, 2.05) is 0 Å². The number of piperidine rings is 1. The summed E-state index contributed by atoms with van der Waals surface area (Å²) in [6.45, 7) is 15.3. The lowest BCUT2D eigenvalue weighted by atomic mass is 10.0. The van der Waals surface area contributed by atoms with Gasteiger partial charge in [-0.3, -0.25) is 9.89 Å². The maximum absolute atomic E-state index is 4.90. The molecule has 3 rings (SSSR count). The van der Waals surface area contributed by atoms with E-state index in [1.54, 1.807) is 0 Å². The van der Waals surface area contributed by atoms with E-state index in [1.165, 1.54) is 31.5 Å². The SMILES string of the molecule is CCNC(=NCCCN1CCN(C)CC1c1ccccc1)NC1CCN(C(C)C)CC1. The zero-order chi connectivity index (χ0) is 22.1. The van der Waals surface area contributed by atoms with Crippen LogP contribution in [-0.2, 0) is 0 Å². The van der Waals surface area contributed by atoms with Gasteiger partial charge < -0.3 is 20.4 Å². The maximum Gasteiger partial charge on any atom is 0.191 e. The molecular formula is C25H44N6. The number of benzene rings is 1. The van der Waals surface area contributed by atoms with Gasteiger partial charge in [0.1, 0.15) is 0 Å². The summed E-state index contributed by atoms with van der Waals surface area (Å²) in [5.74, 6) is 0.989. The van der Waals surface area contributed by atoms with Crippen molar-refractivity contribution in [3.8, 4) is 0 Å². The molecule has 0 saturated carbocycles. The molecule has 0 radical (unpaired) electrons. The zero-order valence-electron chi connectivity index (χ0n) is 20.2. The lowest BCUT2D eigenvalue weighted by Crippen LogP contribution is -2.50. The summed E-state index contributed by atoms with van der Waals surface area (Å²) >= 11 is 0. The Kier molecular flexibility index (Phi) is 9.62. The molecule has 2 aliphatic rings. The molecule has 0 aliphatic carbocycles. The number of hydrogen-bond acceptors (Lipinski definition) is 4. The van der Waals surface area contributed by atoms with Crippen molar-refractivity contribution < 1.29 is 0 Å². The molecule has 0 aromatic heterocycles. The average molecular weight is 429 g/mol. The molecule has 2 heterocycles. The fourth-order valence-corrected chi connectivity index (χ4v) is 4.75. The van der Waals surface area contributed by atoms with E-state index >= 15 is 0 Å². The van der Waals surface area contributed by atoms with Gasteiger partial charge in [0.05, 0.1) is 0 Å². The molecule has 6 heteroatoms. The molecule has 0 bridgehead atoms. The van der Waals surface area contributed by atoms with Crippen molar-refractivity contribution in [3.05, 3.63) is 35.9 Å². The number of nitrogens with one attached hydrogen (secondary N) is 2. The van der Waals surface area contributed by atoms with Gasteiger partial charge in [0, 0.05) is 70.5 Å². The molecule has 2 N–H and O–H groups in total. The highest BCUT2D eigenvalue weighted by molar-refractivity contribution is 5.80. The Morgan fingerprint density at radius 3 is 2.52 bits per heavy atom. The quantitative estimate of drug-likeness (QED) is 0.379. The van der Waals surface area contributed by atoms with Crippen LogP contribution in [0.2, 0.25) is 0 Å². The molecule has 1 aromatic rings. The van der Waals surface area contributed by atoms with Crippen LogP contribution in [0.15, 0.2) is 35.3 Å². The van der Waals surface area contributed by atoms with E-state index in [-0.39, 0.29) is 0 Å². The lowest BCUT2D eigenvalue weighted by molar-refractivity contribution is 0.0894. The van der Waals surface area contributed by atoms with Crippen LogP contribution < -0.4 is 10.6 Å². The molecular weight excluding hydrogens is 384 g/mol. The fraction of sp³-hybridized carbons (Fsp3) is 0.720. The predicted molar refractivity (Wildman–Crippen MR) is 132 cm³/mol. The number of piperazine rings is 1. The van der Waals surface area contributed by atoms with Crippen LogP contribution in [0.3, 0.4) is 0 Å². The van der Waals surface area contributed by atoms with E-state index in [4.69, 9.17) is 4.99 Å². The highest BCUT2D eigenvalue weighted by atomic mass is 15.3. The Labute approximate surface area is 190 Å². The number of nitrogens with zero attached hydrogens (tertiary/aromatic N) is 4.